The summed E-state index contributed by atoms with van der Waals surface area (Å²) in [7, 11) is 1.46. The van der Waals surface area contributed by atoms with Gasteiger partial charge in [-0.05, 0) is 24.3 Å². The van der Waals surface area contributed by atoms with E-state index in [1.807, 2.05) is 0 Å². The number of benzene rings is 1. The van der Waals surface area contributed by atoms with E-state index in [4.69, 9.17) is 4.74 Å². The highest BCUT2D eigenvalue weighted by atomic mass is 19.4. The van der Waals surface area contributed by atoms with E-state index in [0.29, 0.717) is 22.3 Å². The molecular formula is C14H10F3N3O. The predicted octanol–water partition coefficient (Wildman–Crippen LogP) is 3.45. The Labute approximate surface area is 117 Å². The third-order valence-corrected chi connectivity index (χ3v) is 3.10. The van der Waals surface area contributed by atoms with Crippen molar-refractivity contribution in [1.82, 2.24) is 14.8 Å². The van der Waals surface area contributed by atoms with Crippen molar-refractivity contribution in [3.05, 3.63) is 48.4 Å². The topological polar surface area (TPSA) is 39.9 Å². The Morgan fingerprint density at radius 2 is 1.86 bits per heavy atom. The van der Waals surface area contributed by atoms with Gasteiger partial charge in [-0.15, -0.1) is 0 Å². The molecule has 0 amide bonds. The first-order valence-corrected chi connectivity index (χ1v) is 6.05. The van der Waals surface area contributed by atoms with E-state index >= 15 is 0 Å². The minimum Gasteiger partial charge on any atom is -0.481 e. The second-order valence-electron chi connectivity index (χ2n) is 4.32. The largest absolute Gasteiger partial charge is 0.481 e. The number of methoxy groups -OCH3 is 1. The third-order valence-electron chi connectivity index (χ3n) is 3.10. The van der Waals surface area contributed by atoms with Crippen molar-refractivity contribution in [2.45, 2.75) is 6.18 Å². The minimum absolute atomic E-state index is 0.325. The fraction of sp³-hybridized carbons (Fsp3) is 0.143. The van der Waals surface area contributed by atoms with Crippen LogP contribution in [0.4, 0.5) is 13.2 Å². The van der Waals surface area contributed by atoms with Gasteiger partial charge in [-0.2, -0.15) is 18.3 Å². The number of alkyl halides is 3. The predicted molar refractivity (Wildman–Crippen MR) is 70.4 cm³/mol. The average molecular weight is 293 g/mol. The zero-order valence-electron chi connectivity index (χ0n) is 10.9. The number of hydrogen-bond donors (Lipinski definition) is 0. The van der Waals surface area contributed by atoms with Gasteiger partial charge in [-0.3, -0.25) is 0 Å². The number of rotatable bonds is 2. The fourth-order valence-corrected chi connectivity index (χ4v) is 2.22. The maximum atomic E-state index is 13.0. The van der Waals surface area contributed by atoms with Crippen LogP contribution in [0.2, 0.25) is 0 Å². The second kappa shape index (κ2) is 4.76. The Morgan fingerprint density at radius 1 is 1.05 bits per heavy atom. The monoisotopic (exact) mass is 293 g/mol. The van der Waals surface area contributed by atoms with E-state index in [1.165, 1.54) is 13.3 Å². The molecule has 4 nitrogen and oxygen atoms in total. The SMILES string of the molecule is COc1nccc2c(-n3nccc3C(F)(F)F)cccc12. The molecule has 2 heterocycles. The molecule has 0 unspecified atom stereocenters. The van der Waals surface area contributed by atoms with Crippen molar-refractivity contribution in [1.29, 1.82) is 0 Å². The van der Waals surface area contributed by atoms with Gasteiger partial charge in [0, 0.05) is 17.0 Å². The molecule has 0 bridgehead atoms. The molecule has 0 atom stereocenters. The highest BCUT2D eigenvalue weighted by Gasteiger charge is 2.35. The van der Waals surface area contributed by atoms with Crippen LogP contribution in [-0.2, 0) is 6.18 Å². The number of halogens is 3. The molecule has 7 heteroatoms. The van der Waals surface area contributed by atoms with Gasteiger partial charge in [0.05, 0.1) is 19.0 Å². The number of ether oxygens (including phenoxy) is 1. The van der Waals surface area contributed by atoms with Crippen LogP contribution in [-0.4, -0.2) is 21.9 Å². The van der Waals surface area contributed by atoms with Crippen LogP contribution in [0, 0.1) is 0 Å². The normalized spacial score (nSPS) is 11.8. The summed E-state index contributed by atoms with van der Waals surface area (Å²) in [5, 5.41) is 5.00. The van der Waals surface area contributed by atoms with Crippen LogP contribution in [0.5, 0.6) is 5.88 Å². The summed E-state index contributed by atoms with van der Waals surface area (Å²) in [6.45, 7) is 0. The van der Waals surface area contributed by atoms with E-state index in [9.17, 15) is 13.2 Å². The maximum absolute atomic E-state index is 13.0. The van der Waals surface area contributed by atoms with Crippen LogP contribution in [0.15, 0.2) is 42.7 Å². The zero-order chi connectivity index (χ0) is 15.0. The standard InChI is InChI=1S/C14H10F3N3O/c1-21-13-10-3-2-4-11(9(10)5-7-18-13)20-12(6-8-19-20)14(15,16)17/h2-8H,1H3. The van der Waals surface area contributed by atoms with E-state index < -0.39 is 11.9 Å². The molecule has 21 heavy (non-hydrogen) atoms. The molecular weight excluding hydrogens is 283 g/mol. The van der Waals surface area contributed by atoms with Crippen molar-refractivity contribution in [2.24, 2.45) is 0 Å². The zero-order valence-corrected chi connectivity index (χ0v) is 10.9. The van der Waals surface area contributed by atoms with Gasteiger partial charge in [-0.25, -0.2) is 9.67 Å². The number of pyridine rings is 1. The fourth-order valence-electron chi connectivity index (χ4n) is 2.22. The van der Waals surface area contributed by atoms with E-state index in [1.54, 1.807) is 24.3 Å². The molecule has 0 aliphatic carbocycles. The minimum atomic E-state index is -4.48. The van der Waals surface area contributed by atoms with Crippen molar-refractivity contribution < 1.29 is 17.9 Å². The first kappa shape index (κ1) is 13.4. The van der Waals surface area contributed by atoms with Gasteiger partial charge < -0.3 is 4.74 Å². The summed E-state index contributed by atoms with van der Waals surface area (Å²) < 4.78 is 45.1. The molecule has 0 spiro atoms. The van der Waals surface area contributed by atoms with E-state index in [0.717, 1.165) is 16.9 Å². The number of hydrogen-bond acceptors (Lipinski definition) is 3. The van der Waals surface area contributed by atoms with Gasteiger partial charge in [-0.1, -0.05) is 6.07 Å². The molecule has 0 aliphatic rings. The lowest BCUT2D eigenvalue weighted by atomic mass is 10.1. The highest BCUT2D eigenvalue weighted by molar-refractivity contribution is 5.93. The Morgan fingerprint density at radius 3 is 2.57 bits per heavy atom. The quantitative estimate of drug-likeness (QED) is 0.726. The summed E-state index contributed by atoms with van der Waals surface area (Å²) in [6.07, 6.45) is -1.86. The molecule has 0 aliphatic heterocycles. The highest BCUT2D eigenvalue weighted by Crippen LogP contribution is 2.33. The van der Waals surface area contributed by atoms with Crippen LogP contribution in [0.1, 0.15) is 5.69 Å². The molecule has 0 fully saturated rings. The maximum Gasteiger partial charge on any atom is 0.433 e. The summed E-state index contributed by atoms with van der Waals surface area (Å²) in [6, 6.07) is 7.53. The van der Waals surface area contributed by atoms with Crippen LogP contribution < -0.4 is 4.74 Å². The summed E-state index contributed by atoms with van der Waals surface area (Å²) >= 11 is 0. The molecule has 0 N–H and O–H groups in total. The molecule has 3 rings (SSSR count). The number of fused-ring (bicyclic) bond motifs is 1. The lowest BCUT2D eigenvalue weighted by Crippen LogP contribution is -2.13. The Balaban J connectivity index is 2.30. The van der Waals surface area contributed by atoms with Crippen molar-refractivity contribution in [3.8, 4) is 11.6 Å². The van der Waals surface area contributed by atoms with Gasteiger partial charge in [0.2, 0.25) is 5.88 Å². The molecule has 0 saturated carbocycles. The molecule has 108 valence electrons. The lowest BCUT2D eigenvalue weighted by molar-refractivity contribution is -0.142. The smallest absolute Gasteiger partial charge is 0.433 e. The molecule has 0 saturated heterocycles. The average Bonchev–Trinajstić information content (AvgIpc) is 2.95. The van der Waals surface area contributed by atoms with Crippen molar-refractivity contribution in [3.63, 3.8) is 0 Å². The molecule has 1 aromatic carbocycles. The van der Waals surface area contributed by atoms with Gasteiger partial charge >= 0.3 is 6.18 Å². The molecule has 3 aromatic rings. The Kier molecular flexibility index (Phi) is 3.04. The van der Waals surface area contributed by atoms with Crippen LogP contribution >= 0.6 is 0 Å². The van der Waals surface area contributed by atoms with Crippen LogP contribution in [0.25, 0.3) is 16.5 Å². The van der Waals surface area contributed by atoms with Gasteiger partial charge in [0.1, 0.15) is 5.69 Å². The second-order valence-corrected chi connectivity index (χ2v) is 4.32. The van der Waals surface area contributed by atoms with Gasteiger partial charge in [0.25, 0.3) is 0 Å². The Hall–Kier alpha value is -2.57. The van der Waals surface area contributed by atoms with E-state index in [-0.39, 0.29) is 0 Å². The molecule has 0 radical (unpaired) electrons. The van der Waals surface area contributed by atoms with E-state index in [2.05, 4.69) is 10.1 Å². The number of aromatic nitrogens is 3. The van der Waals surface area contributed by atoms with Gasteiger partial charge in [0.15, 0.2) is 0 Å². The van der Waals surface area contributed by atoms with Crippen LogP contribution in [0.3, 0.4) is 0 Å². The molecule has 2 aromatic heterocycles. The van der Waals surface area contributed by atoms with Crippen molar-refractivity contribution in [2.75, 3.05) is 7.11 Å². The first-order chi connectivity index (χ1) is 10.0. The summed E-state index contributed by atoms with van der Waals surface area (Å²) in [5.74, 6) is 0.357. The third kappa shape index (κ3) is 2.20. The van der Waals surface area contributed by atoms with Crippen molar-refractivity contribution >= 4 is 10.8 Å². The summed E-state index contributed by atoms with van der Waals surface area (Å²) in [5.41, 5.74) is -0.503. The first-order valence-electron chi connectivity index (χ1n) is 6.05. The number of nitrogens with zero attached hydrogens (tertiary/aromatic N) is 3. The lowest BCUT2D eigenvalue weighted by Gasteiger charge is -2.13. The Bertz CT molecular complexity index is 796. The summed E-state index contributed by atoms with van der Waals surface area (Å²) in [4.78, 5) is 4.04.